The van der Waals surface area contributed by atoms with Crippen LogP contribution >= 0.6 is 11.6 Å². The number of para-hydroxylation sites is 1. The third-order valence-corrected chi connectivity index (χ3v) is 4.13. The van der Waals surface area contributed by atoms with Gasteiger partial charge in [0.05, 0.1) is 15.5 Å². The van der Waals surface area contributed by atoms with Crippen molar-refractivity contribution in [1.29, 1.82) is 0 Å². The molecule has 0 bridgehead atoms. The highest BCUT2D eigenvalue weighted by Gasteiger charge is 2.32. The van der Waals surface area contributed by atoms with E-state index in [1.807, 2.05) is 31.2 Å². The Balaban J connectivity index is 2.00. The van der Waals surface area contributed by atoms with Crippen molar-refractivity contribution >= 4 is 28.9 Å². The molecule has 0 radical (unpaired) electrons. The molecule has 0 saturated carbocycles. The van der Waals surface area contributed by atoms with Gasteiger partial charge in [-0.15, -0.1) is 0 Å². The number of hydrogen-bond acceptors (Lipinski definition) is 3. The summed E-state index contributed by atoms with van der Waals surface area (Å²) in [6, 6.07) is 11.7. The molecule has 0 aromatic heterocycles. The molecule has 22 heavy (non-hydrogen) atoms. The van der Waals surface area contributed by atoms with Gasteiger partial charge in [0.1, 0.15) is 0 Å². The Kier molecular flexibility index (Phi) is 3.58. The van der Waals surface area contributed by atoms with E-state index < -0.39 is 4.92 Å². The first kappa shape index (κ1) is 14.5. The summed E-state index contributed by atoms with van der Waals surface area (Å²) < 4.78 is 0. The number of carbonyl (C=O) groups excluding carboxylic acids is 1. The van der Waals surface area contributed by atoms with Gasteiger partial charge in [-0.2, -0.15) is 0 Å². The van der Waals surface area contributed by atoms with Crippen LogP contribution in [0, 0.1) is 10.1 Å². The maximum Gasteiger partial charge on any atom is 0.270 e. The molecule has 0 saturated heterocycles. The first-order valence-corrected chi connectivity index (χ1v) is 7.22. The largest absolute Gasteiger partial charge is 0.305 e. The maximum absolute atomic E-state index is 12.8. The Morgan fingerprint density at radius 3 is 2.73 bits per heavy atom. The summed E-state index contributed by atoms with van der Waals surface area (Å²) in [4.78, 5) is 24.7. The Bertz CT molecular complexity index is 776. The van der Waals surface area contributed by atoms with Crippen molar-refractivity contribution in [3.05, 3.63) is 68.7 Å². The fourth-order valence-electron chi connectivity index (χ4n) is 2.80. The normalized spacial score (nSPS) is 16.5. The van der Waals surface area contributed by atoms with Gasteiger partial charge in [-0.1, -0.05) is 29.8 Å². The molecule has 0 aliphatic carbocycles. The van der Waals surface area contributed by atoms with Crippen LogP contribution in [0.2, 0.25) is 5.02 Å². The van der Waals surface area contributed by atoms with Gasteiger partial charge in [0.15, 0.2) is 0 Å². The standard InChI is InChI=1S/C16H13ClN2O3/c1-10-8-11-4-2-3-5-15(11)18(10)16(20)13-7-6-12(19(21)22)9-14(13)17/h2-7,9-10H,8H2,1H3. The molecule has 6 heteroatoms. The Labute approximate surface area is 132 Å². The molecule has 1 unspecified atom stereocenters. The number of anilines is 1. The van der Waals surface area contributed by atoms with Crippen LogP contribution in [0.3, 0.4) is 0 Å². The number of nitrogens with zero attached hydrogens (tertiary/aromatic N) is 2. The molecule has 5 nitrogen and oxygen atoms in total. The first-order valence-electron chi connectivity index (χ1n) is 6.84. The molecular weight excluding hydrogens is 304 g/mol. The van der Waals surface area contributed by atoms with Crippen molar-refractivity contribution in [2.45, 2.75) is 19.4 Å². The third kappa shape index (κ3) is 2.33. The molecule has 112 valence electrons. The van der Waals surface area contributed by atoms with E-state index in [1.54, 1.807) is 4.90 Å². The summed E-state index contributed by atoms with van der Waals surface area (Å²) in [5.74, 6) is -0.239. The number of nitro groups is 1. The lowest BCUT2D eigenvalue weighted by Gasteiger charge is -2.23. The summed E-state index contributed by atoms with van der Waals surface area (Å²) in [6.07, 6.45) is 0.784. The number of carbonyl (C=O) groups is 1. The summed E-state index contributed by atoms with van der Waals surface area (Å²) in [7, 11) is 0. The molecule has 0 spiro atoms. The van der Waals surface area contributed by atoms with Crippen LogP contribution in [0.25, 0.3) is 0 Å². The molecule has 1 heterocycles. The predicted molar refractivity (Wildman–Crippen MR) is 84.5 cm³/mol. The zero-order valence-corrected chi connectivity index (χ0v) is 12.6. The monoisotopic (exact) mass is 316 g/mol. The van der Waals surface area contributed by atoms with E-state index in [9.17, 15) is 14.9 Å². The molecule has 1 amide bonds. The van der Waals surface area contributed by atoms with E-state index in [0.29, 0.717) is 0 Å². The number of rotatable bonds is 2. The first-order chi connectivity index (χ1) is 10.5. The van der Waals surface area contributed by atoms with Crippen LogP contribution in [0.1, 0.15) is 22.8 Å². The van der Waals surface area contributed by atoms with E-state index in [-0.39, 0.29) is 28.2 Å². The molecule has 3 rings (SSSR count). The molecule has 1 aliphatic rings. The molecule has 2 aromatic carbocycles. The Hall–Kier alpha value is -2.40. The van der Waals surface area contributed by atoms with Crippen LogP contribution < -0.4 is 4.90 Å². The number of halogens is 1. The molecule has 0 N–H and O–H groups in total. The summed E-state index contributed by atoms with van der Waals surface area (Å²) in [6.45, 7) is 1.97. The van der Waals surface area contributed by atoms with Crippen molar-refractivity contribution in [2.75, 3.05) is 4.90 Å². The molecule has 2 aromatic rings. The molecular formula is C16H13ClN2O3. The number of hydrogen-bond donors (Lipinski definition) is 0. The highest BCUT2D eigenvalue weighted by atomic mass is 35.5. The van der Waals surface area contributed by atoms with Crippen molar-refractivity contribution in [3.8, 4) is 0 Å². The molecule has 1 aliphatic heterocycles. The van der Waals surface area contributed by atoms with Gasteiger partial charge < -0.3 is 4.90 Å². The number of amides is 1. The van der Waals surface area contributed by atoms with Gasteiger partial charge in [-0.05, 0) is 31.0 Å². The van der Waals surface area contributed by atoms with Gasteiger partial charge >= 0.3 is 0 Å². The smallest absolute Gasteiger partial charge is 0.270 e. The van der Waals surface area contributed by atoms with Gasteiger partial charge in [-0.25, -0.2) is 0 Å². The second-order valence-electron chi connectivity index (χ2n) is 5.28. The minimum Gasteiger partial charge on any atom is -0.305 e. The van der Waals surface area contributed by atoms with Crippen molar-refractivity contribution in [1.82, 2.24) is 0 Å². The van der Waals surface area contributed by atoms with E-state index in [1.165, 1.54) is 18.2 Å². The van der Waals surface area contributed by atoms with E-state index in [4.69, 9.17) is 11.6 Å². The fraction of sp³-hybridized carbons (Fsp3) is 0.188. The summed E-state index contributed by atoms with van der Waals surface area (Å²) >= 11 is 6.07. The molecule has 1 atom stereocenters. The Morgan fingerprint density at radius 2 is 2.05 bits per heavy atom. The van der Waals surface area contributed by atoms with Gasteiger partial charge in [-0.3, -0.25) is 14.9 Å². The van der Waals surface area contributed by atoms with Crippen molar-refractivity contribution in [3.63, 3.8) is 0 Å². The van der Waals surface area contributed by atoms with E-state index in [2.05, 4.69) is 0 Å². The average molecular weight is 317 g/mol. The quantitative estimate of drug-likeness (QED) is 0.624. The number of fused-ring (bicyclic) bond motifs is 1. The topological polar surface area (TPSA) is 63.5 Å². The Morgan fingerprint density at radius 1 is 1.32 bits per heavy atom. The fourth-order valence-corrected chi connectivity index (χ4v) is 3.05. The minimum absolute atomic E-state index is 0.0242. The van der Waals surface area contributed by atoms with Gasteiger partial charge in [0, 0.05) is 23.9 Å². The van der Waals surface area contributed by atoms with Crippen LogP contribution in [0.15, 0.2) is 42.5 Å². The third-order valence-electron chi connectivity index (χ3n) is 3.82. The lowest BCUT2D eigenvalue weighted by atomic mass is 10.1. The summed E-state index contributed by atoms with van der Waals surface area (Å²) in [5, 5.41) is 10.9. The maximum atomic E-state index is 12.8. The number of non-ortho nitro benzene ring substituents is 1. The lowest BCUT2D eigenvalue weighted by molar-refractivity contribution is -0.384. The van der Waals surface area contributed by atoms with Crippen LogP contribution in [-0.4, -0.2) is 16.9 Å². The highest BCUT2D eigenvalue weighted by Crippen LogP contribution is 2.34. The number of nitro benzene ring substituents is 1. The van der Waals surface area contributed by atoms with E-state index >= 15 is 0 Å². The minimum atomic E-state index is -0.534. The zero-order valence-electron chi connectivity index (χ0n) is 11.8. The highest BCUT2D eigenvalue weighted by molar-refractivity contribution is 6.34. The van der Waals surface area contributed by atoms with Crippen LogP contribution in [0.4, 0.5) is 11.4 Å². The SMILES string of the molecule is CC1Cc2ccccc2N1C(=O)c1ccc([N+](=O)[O-])cc1Cl. The second-order valence-corrected chi connectivity index (χ2v) is 5.69. The zero-order chi connectivity index (χ0) is 15.9. The van der Waals surface area contributed by atoms with Gasteiger partial charge in [0.2, 0.25) is 0 Å². The second kappa shape index (κ2) is 5.42. The van der Waals surface area contributed by atoms with Gasteiger partial charge in [0.25, 0.3) is 11.6 Å². The van der Waals surface area contributed by atoms with Crippen molar-refractivity contribution in [2.24, 2.45) is 0 Å². The van der Waals surface area contributed by atoms with Crippen LogP contribution in [0.5, 0.6) is 0 Å². The summed E-state index contributed by atoms with van der Waals surface area (Å²) in [5.41, 5.74) is 2.13. The average Bonchev–Trinajstić information content (AvgIpc) is 2.82. The lowest BCUT2D eigenvalue weighted by Crippen LogP contribution is -2.35. The predicted octanol–water partition coefficient (Wildman–Crippen LogP) is 3.84. The number of benzene rings is 2. The van der Waals surface area contributed by atoms with Crippen molar-refractivity contribution < 1.29 is 9.72 Å². The van der Waals surface area contributed by atoms with Crippen LogP contribution in [-0.2, 0) is 6.42 Å². The van der Waals surface area contributed by atoms with E-state index in [0.717, 1.165) is 17.7 Å². The molecule has 0 fully saturated rings.